The van der Waals surface area contributed by atoms with Crippen LogP contribution in [0.2, 0.25) is 0 Å². The third-order valence-corrected chi connectivity index (χ3v) is 3.91. The van der Waals surface area contributed by atoms with Crippen LogP contribution in [0.25, 0.3) is 0 Å². The van der Waals surface area contributed by atoms with Crippen LogP contribution in [0.5, 0.6) is 0 Å². The van der Waals surface area contributed by atoms with Crippen LogP contribution in [-0.4, -0.2) is 27.9 Å². The van der Waals surface area contributed by atoms with E-state index >= 15 is 0 Å². The Morgan fingerprint density at radius 1 is 1.25 bits per heavy atom. The lowest BCUT2D eigenvalue weighted by atomic mass is 10.1. The third kappa shape index (κ3) is 3.90. The number of rotatable bonds is 6. The minimum Gasteiger partial charge on any atom is -0.359 e. The lowest BCUT2D eigenvalue weighted by Crippen LogP contribution is -2.60. The van der Waals surface area contributed by atoms with Crippen LogP contribution in [0.3, 0.4) is 0 Å². The second kappa shape index (κ2) is 7.25. The number of carbonyl (C=O) groups is 1. The SMILES string of the molecule is CCCCC1=C[C@](O)(C(F)(F)F)N(C(=O)CCc2ccccc2)N1. The quantitative estimate of drug-likeness (QED) is 0.834. The zero-order valence-electron chi connectivity index (χ0n) is 13.4. The second-order valence-electron chi connectivity index (χ2n) is 5.82. The molecule has 0 saturated carbocycles. The summed E-state index contributed by atoms with van der Waals surface area (Å²) in [6.45, 7) is 1.91. The number of amides is 1. The summed E-state index contributed by atoms with van der Waals surface area (Å²) in [6.07, 6.45) is -2.30. The molecule has 0 saturated heterocycles. The van der Waals surface area contributed by atoms with Crippen molar-refractivity contribution in [1.82, 2.24) is 10.4 Å². The summed E-state index contributed by atoms with van der Waals surface area (Å²) < 4.78 is 39.9. The van der Waals surface area contributed by atoms with E-state index in [-0.39, 0.29) is 12.1 Å². The molecule has 24 heavy (non-hydrogen) atoms. The van der Waals surface area contributed by atoms with Crippen molar-refractivity contribution in [1.29, 1.82) is 0 Å². The Labute approximate surface area is 138 Å². The molecule has 1 aromatic rings. The summed E-state index contributed by atoms with van der Waals surface area (Å²) in [4.78, 5) is 12.3. The van der Waals surface area contributed by atoms with Gasteiger partial charge < -0.3 is 5.11 Å². The molecular formula is C17H21F3N2O2. The number of carbonyl (C=O) groups excluding carboxylic acids is 1. The summed E-state index contributed by atoms with van der Waals surface area (Å²) in [5, 5.41) is 10.4. The van der Waals surface area contributed by atoms with Crippen LogP contribution in [0.4, 0.5) is 13.2 Å². The van der Waals surface area contributed by atoms with Gasteiger partial charge in [0.15, 0.2) is 0 Å². The molecular weight excluding hydrogens is 321 g/mol. The number of nitrogens with one attached hydrogen (secondary N) is 1. The monoisotopic (exact) mass is 342 g/mol. The number of hydrogen-bond donors (Lipinski definition) is 2. The van der Waals surface area contributed by atoms with Gasteiger partial charge in [0.2, 0.25) is 5.91 Å². The third-order valence-electron chi connectivity index (χ3n) is 3.91. The van der Waals surface area contributed by atoms with E-state index in [4.69, 9.17) is 0 Å². The molecule has 4 nitrogen and oxygen atoms in total. The molecule has 0 fully saturated rings. The number of hydrogen-bond acceptors (Lipinski definition) is 3. The highest BCUT2D eigenvalue weighted by atomic mass is 19.4. The number of allylic oxidation sites excluding steroid dienone is 1. The van der Waals surface area contributed by atoms with E-state index in [2.05, 4.69) is 5.43 Å². The fourth-order valence-corrected chi connectivity index (χ4v) is 2.53. The fourth-order valence-electron chi connectivity index (χ4n) is 2.53. The van der Waals surface area contributed by atoms with Crippen molar-refractivity contribution in [3.63, 3.8) is 0 Å². The van der Waals surface area contributed by atoms with E-state index in [0.717, 1.165) is 12.0 Å². The summed E-state index contributed by atoms with van der Waals surface area (Å²) in [5.74, 6) is -0.804. The maximum absolute atomic E-state index is 13.3. The van der Waals surface area contributed by atoms with Crippen LogP contribution in [0.15, 0.2) is 42.1 Å². The van der Waals surface area contributed by atoms with Crippen molar-refractivity contribution in [3.05, 3.63) is 47.7 Å². The summed E-state index contributed by atoms with van der Waals surface area (Å²) in [5.41, 5.74) is 0.192. The van der Waals surface area contributed by atoms with Crippen LogP contribution in [-0.2, 0) is 11.2 Å². The second-order valence-corrected chi connectivity index (χ2v) is 5.82. The average Bonchev–Trinajstić information content (AvgIpc) is 2.90. The zero-order valence-corrected chi connectivity index (χ0v) is 13.4. The van der Waals surface area contributed by atoms with Gasteiger partial charge in [0, 0.05) is 12.1 Å². The van der Waals surface area contributed by atoms with Gasteiger partial charge in [0.1, 0.15) is 0 Å². The molecule has 2 rings (SSSR count). The highest BCUT2D eigenvalue weighted by Gasteiger charge is 2.61. The number of aryl methyl sites for hydroxylation is 1. The van der Waals surface area contributed by atoms with Crippen molar-refractivity contribution < 1.29 is 23.1 Å². The van der Waals surface area contributed by atoms with Gasteiger partial charge in [-0.25, -0.2) is 5.01 Å². The topological polar surface area (TPSA) is 52.6 Å². The van der Waals surface area contributed by atoms with Gasteiger partial charge in [-0.1, -0.05) is 43.7 Å². The normalized spacial score (nSPS) is 20.7. The van der Waals surface area contributed by atoms with Gasteiger partial charge in [-0.15, -0.1) is 0 Å². The first-order chi connectivity index (χ1) is 11.3. The van der Waals surface area contributed by atoms with E-state index < -0.39 is 17.8 Å². The average molecular weight is 342 g/mol. The first-order valence-electron chi connectivity index (χ1n) is 7.92. The molecule has 1 aromatic carbocycles. The molecule has 1 atom stereocenters. The van der Waals surface area contributed by atoms with E-state index in [1.54, 1.807) is 24.3 Å². The Bertz CT molecular complexity index is 602. The molecule has 0 aromatic heterocycles. The Hall–Kier alpha value is -2.02. The molecule has 1 amide bonds. The van der Waals surface area contributed by atoms with Crippen LogP contribution in [0.1, 0.15) is 38.2 Å². The molecule has 1 aliphatic rings. The highest BCUT2D eigenvalue weighted by Crippen LogP contribution is 2.38. The number of alkyl halides is 3. The maximum atomic E-state index is 13.3. The minimum atomic E-state index is -4.98. The van der Waals surface area contributed by atoms with Crippen molar-refractivity contribution in [2.45, 2.75) is 50.9 Å². The number of halogens is 3. The number of unbranched alkanes of at least 4 members (excludes halogenated alkanes) is 1. The predicted octanol–water partition coefficient (Wildman–Crippen LogP) is 3.29. The molecule has 0 bridgehead atoms. The number of aliphatic hydroxyl groups is 1. The maximum Gasteiger partial charge on any atom is 0.442 e. The fraction of sp³-hybridized carbons (Fsp3) is 0.471. The molecule has 0 spiro atoms. The Morgan fingerprint density at radius 2 is 1.92 bits per heavy atom. The smallest absolute Gasteiger partial charge is 0.359 e. The van der Waals surface area contributed by atoms with Gasteiger partial charge >= 0.3 is 6.18 Å². The lowest BCUT2D eigenvalue weighted by Gasteiger charge is -2.33. The first-order valence-corrected chi connectivity index (χ1v) is 7.92. The molecule has 1 aliphatic heterocycles. The van der Waals surface area contributed by atoms with Crippen molar-refractivity contribution in [2.75, 3.05) is 0 Å². The Balaban J connectivity index is 2.10. The predicted molar refractivity (Wildman–Crippen MR) is 83.4 cm³/mol. The molecule has 0 unspecified atom stereocenters. The summed E-state index contributed by atoms with van der Waals surface area (Å²) >= 11 is 0. The van der Waals surface area contributed by atoms with E-state index in [9.17, 15) is 23.1 Å². The van der Waals surface area contributed by atoms with Gasteiger partial charge in [-0.3, -0.25) is 10.2 Å². The van der Waals surface area contributed by atoms with E-state index in [0.29, 0.717) is 30.3 Å². The number of hydrazine groups is 1. The van der Waals surface area contributed by atoms with Crippen molar-refractivity contribution in [2.24, 2.45) is 0 Å². The number of benzene rings is 1. The Morgan fingerprint density at radius 3 is 2.50 bits per heavy atom. The molecule has 1 heterocycles. The standard InChI is InChI=1S/C17H21F3N2O2/c1-2-3-9-14-12-16(24,17(18,19)20)22(21-14)15(23)11-10-13-7-5-4-6-8-13/h4-8,12,21,24H,2-3,9-11H2,1H3/t16-/m0/s1. The van der Waals surface area contributed by atoms with Gasteiger partial charge in [-0.2, -0.15) is 13.2 Å². The van der Waals surface area contributed by atoms with Crippen LogP contribution >= 0.6 is 0 Å². The van der Waals surface area contributed by atoms with Crippen LogP contribution < -0.4 is 5.43 Å². The Kier molecular flexibility index (Phi) is 5.54. The van der Waals surface area contributed by atoms with Crippen LogP contribution in [0, 0.1) is 0 Å². The zero-order chi connectivity index (χ0) is 17.8. The first kappa shape index (κ1) is 18.3. The molecule has 0 aliphatic carbocycles. The molecule has 7 heteroatoms. The van der Waals surface area contributed by atoms with Gasteiger partial charge in [0.25, 0.3) is 5.72 Å². The molecule has 0 radical (unpaired) electrons. The summed E-state index contributed by atoms with van der Waals surface area (Å²) in [7, 11) is 0. The highest BCUT2D eigenvalue weighted by molar-refractivity contribution is 5.78. The van der Waals surface area contributed by atoms with Gasteiger partial charge in [-0.05, 0) is 30.9 Å². The molecule has 132 valence electrons. The largest absolute Gasteiger partial charge is 0.442 e. The summed E-state index contributed by atoms with van der Waals surface area (Å²) in [6, 6.07) is 9.01. The van der Waals surface area contributed by atoms with E-state index in [1.807, 2.05) is 13.0 Å². The number of nitrogens with zero attached hydrogens (tertiary/aromatic N) is 1. The molecule has 2 N–H and O–H groups in total. The van der Waals surface area contributed by atoms with Crippen molar-refractivity contribution >= 4 is 5.91 Å². The van der Waals surface area contributed by atoms with Gasteiger partial charge in [0.05, 0.1) is 0 Å². The lowest BCUT2D eigenvalue weighted by molar-refractivity contribution is -0.289. The van der Waals surface area contributed by atoms with Crippen molar-refractivity contribution in [3.8, 4) is 0 Å². The minimum absolute atomic E-state index is 0.135. The van der Waals surface area contributed by atoms with E-state index in [1.165, 1.54) is 0 Å².